The summed E-state index contributed by atoms with van der Waals surface area (Å²) in [7, 11) is 2.90. The van der Waals surface area contributed by atoms with E-state index >= 15 is 0 Å². The number of hydrogen-bond acceptors (Lipinski definition) is 5. The molecule has 0 aliphatic heterocycles. The maximum Gasteiger partial charge on any atom is 0.379 e. The van der Waals surface area contributed by atoms with Gasteiger partial charge in [-0.3, -0.25) is 4.79 Å². The summed E-state index contributed by atoms with van der Waals surface area (Å²) < 4.78 is 15.1. The van der Waals surface area contributed by atoms with Crippen LogP contribution in [0.1, 0.15) is 29.8 Å². The van der Waals surface area contributed by atoms with Crippen molar-refractivity contribution in [1.29, 1.82) is 0 Å². The summed E-state index contributed by atoms with van der Waals surface area (Å²) >= 11 is 0. The molecule has 0 saturated carbocycles. The van der Waals surface area contributed by atoms with Crippen molar-refractivity contribution in [3.05, 3.63) is 23.3 Å². The molecule has 0 fully saturated rings. The fourth-order valence-electron chi connectivity index (χ4n) is 1.70. The smallest absolute Gasteiger partial charge is 0.379 e. The summed E-state index contributed by atoms with van der Waals surface area (Å²) in [5, 5.41) is 0. The Kier molecular flexibility index (Phi) is 5.36. The highest BCUT2D eigenvalue weighted by Crippen LogP contribution is 2.33. The zero-order chi connectivity index (χ0) is 14.4. The quantitative estimate of drug-likeness (QED) is 0.448. The third-order valence-corrected chi connectivity index (χ3v) is 2.65. The molecule has 1 rings (SSSR count). The molecule has 0 atom stereocenters. The van der Waals surface area contributed by atoms with Crippen LogP contribution in [0.2, 0.25) is 0 Å². The molecule has 0 radical (unpaired) electrons. The number of Topliss-reactive ketones (excluding diaryl/α,β-unsaturated/α-hetero) is 1. The molecule has 0 saturated heterocycles. The van der Waals surface area contributed by atoms with Crippen LogP contribution in [0.4, 0.5) is 0 Å². The van der Waals surface area contributed by atoms with Crippen LogP contribution in [0.25, 0.3) is 0 Å². The van der Waals surface area contributed by atoms with Crippen LogP contribution in [0.5, 0.6) is 11.5 Å². The Morgan fingerprint density at radius 3 is 2.26 bits per heavy atom. The van der Waals surface area contributed by atoms with Crippen LogP contribution in [-0.4, -0.2) is 32.6 Å². The number of ketones is 1. The van der Waals surface area contributed by atoms with E-state index in [2.05, 4.69) is 0 Å². The van der Waals surface area contributed by atoms with E-state index in [-0.39, 0.29) is 17.9 Å². The van der Waals surface area contributed by atoms with Gasteiger partial charge < -0.3 is 14.2 Å². The predicted molar refractivity (Wildman–Crippen MR) is 69.9 cm³/mol. The van der Waals surface area contributed by atoms with Crippen molar-refractivity contribution in [3.63, 3.8) is 0 Å². The third-order valence-electron chi connectivity index (χ3n) is 2.65. The van der Waals surface area contributed by atoms with Crippen molar-refractivity contribution in [2.24, 2.45) is 0 Å². The Bertz CT molecular complexity index is 479. The van der Waals surface area contributed by atoms with Gasteiger partial charge >= 0.3 is 5.97 Å². The van der Waals surface area contributed by atoms with Crippen LogP contribution in [0.15, 0.2) is 12.1 Å². The first kappa shape index (κ1) is 15.0. The summed E-state index contributed by atoms with van der Waals surface area (Å²) in [5.41, 5.74) is 1.04. The highest BCUT2D eigenvalue weighted by atomic mass is 16.5. The van der Waals surface area contributed by atoms with Crippen molar-refractivity contribution in [2.75, 3.05) is 20.8 Å². The van der Waals surface area contributed by atoms with Crippen molar-refractivity contribution in [1.82, 2.24) is 0 Å². The minimum atomic E-state index is -0.892. The second kappa shape index (κ2) is 6.78. The lowest BCUT2D eigenvalue weighted by atomic mass is 10.0. The number of aryl methyl sites for hydroxylation is 1. The first-order valence-corrected chi connectivity index (χ1v) is 6.05. The molecule has 0 heterocycles. The maximum atomic E-state index is 12.0. The van der Waals surface area contributed by atoms with Gasteiger partial charge in [0.15, 0.2) is 11.5 Å². The van der Waals surface area contributed by atoms with Gasteiger partial charge in [0.2, 0.25) is 0 Å². The minimum absolute atomic E-state index is 0.150. The zero-order valence-corrected chi connectivity index (χ0v) is 11.6. The molecule has 5 nitrogen and oxygen atoms in total. The second-order valence-corrected chi connectivity index (χ2v) is 3.78. The molecule has 1 aromatic carbocycles. The van der Waals surface area contributed by atoms with E-state index in [1.165, 1.54) is 14.2 Å². The Balaban J connectivity index is 3.31. The molecular formula is C14H18O5. The SMILES string of the molecule is CCOC(=O)C(=O)c1cc(CC)cc(OC)c1OC. The van der Waals surface area contributed by atoms with Crippen LogP contribution < -0.4 is 9.47 Å². The lowest BCUT2D eigenvalue weighted by Gasteiger charge is -2.13. The Morgan fingerprint density at radius 2 is 1.79 bits per heavy atom. The number of ether oxygens (including phenoxy) is 3. The summed E-state index contributed by atoms with van der Waals surface area (Å²) in [5.74, 6) is -0.948. The standard InChI is InChI=1S/C14H18O5/c1-5-9-7-10(12(15)14(16)19-6-2)13(18-4)11(8-9)17-3/h7-8H,5-6H2,1-4H3. The van der Waals surface area contributed by atoms with E-state index < -0.39 is 11.8 Å². The number of carbonyl (C=O) groups is 2. The topological polar surface area (TPSA) is 61.8 Å². The van der Waals surface area contributed by atoms with E-state index in [1.54, 1.807) is 19.1 Å². The molecular weight excluding hydrogens is 248 g/mol. The molecule has 0 amide bonds. The predicted octanol–water partition coefficient (Wildman–Crippen LogP) is 2.01. The van der Waals surface area contributed by atoms with Gasteiger partial charge in [0.25, 0.3) is 5.78 Å². The Hall–Kier alpha value is -2.04. The van der Waals surface area contributed by atoms with Gasteiger partial charge in [0.1, 0.15) is 0 Å². The average molecular weight is 266 g/mol. The summed E-state index contributed by atoms with van der Waals surface area (Å²) in [6, 6.07) is 3.40. The molecule has 0 aromatic heterocycles. The number of carbonyl (C=O) groups excluding carboxylic acids is 2. The van der Waals surface area contributed by atoms with Gasteiger partial charge in [0, 0.05) is 0 Å². The van der Waals surface area contributed by atoms with Gasteiger partial charge in [0.05, 0.1) is 26.4 Å². The molecule has 1 aromatic rings. The zero-order valence-electron chi connectivity index (χ0n) is 11.6. The molecule has 0 bridgehead atoms. The number of rotatable bonds is 6. The van der Waals surface area contributed by atoms with Crippen molar-refractivity contribution in [3.8, 4) is 11.5 Å². The van der Waals surface area contributed by atoms with E-state index in [1.807, 2.05) is 6.92 Å². The van der Waals surface area contributed by atoms with Gasteiger partial charge in [-0.1, -0.05) is 6.92 Å². The van der Waals surface area contributed by atoms with Crippen molar-refractivity contribution in [2.45, 2.75) is 20.3 Å². The maximum absolute atomic E-state index is 12.0. The van der Waals surface area contributed by atoms with E-state index in [4.69, 9.17) is 14.2 Å². The highest BCUT2D eigenvalue weighted by Gasteiger charge is 2.24. The van der Waals surface area contributed by atoms with Gasteiger partial charge in [-0.15, -0.1) is 0 Å². The number of esters is 1. The molecule has 0 N–H and O–H groups in total. The number of methoxy groups -OCH3 is 2. The summed E-state index contributed by atoms with van der Waals surface area (Å²) in [6.45, 7) is 3.74. The Labute approximate surface area is 112 Å². The summed E-state index contributed by atoms with van der Waals surface area (Å²) in [4.78, 5) is 23.6. The lowest BCUT2D eigenvalue weighted by Crippen LogP contribution is -2.18. The fraction of sp³-hybridized carbons (Fsp3) is 0.429. The van der Waals surface area contributed by atoms with E-state index in [0.717, 1.165) is 5.56 Å². The number of benzene rings is 1. The van der Waals surface area contributed by atoms with Crippen LogP contribution in [0, 0.1) is 0 Å². The largest absolute Gasteiger partial charge is 0.493 e. The average Bonchev–Trinajstić information content (AvgIpc) is 2.44. The summed E-state index contributed by atoms with van der Waals surface area (Å²) in [6.07, 6.45) is 0.712. The molecule has 0 unspecified atom stereocenters. The van der Waals surface area contributed by atoms with E-state index in [0.29, 0.717) is 12.2 Å². The molecule has 0 spiro atoms. The first-order valence-electron chi connectivity index (χ1n) is 6.05. The van der Waals surface area contributed by atoms with Crippen molar-refractivity contribution >= 4 is 11.8 Å². The van der Waals surface area contributed by atoms with Crippen LogP contribution in [0.3, 0.4) is 0 Å². The minimum Gasteiger partial charge on any atom is -0.493 e. The van der Waals surface area contributed by atoms with Gasteiger partial charge in [-0.2, -0.15) is 0 Å². The van der Waals surface area contributed by atoms with Gasteiger partial charge in [-0.05, 0) is 31.0 Å². The normalized spacial score (nSPS) is 9.89. The molecule has 5 heteroatoms. The van der Waals surface area contributed by atoms with Crippen molar-refractivity contribution < 1.29 is 23.8 Å². The highest BCUT2D eigenvalue weighted by molar-refractivity contribution is 6.41. The molecule has 0 aliphatic carbocycles. The number of hydrogen-bond donors (Lipinski definition) is 0. The molecule has 0 aliphatic rings. The van der Waals surface area contributed by atoms with Gasteiger partial charge in [-0.25, -0.2) is 4.79 Å². The monoisotopic (exact) mass is 266 g/mol. The molecule has 104 valence electrons. The first-order chi connectivity index (χ1) is 9.08. The fourth-order valence-corrected chi connectivity index (χ4v) is 1.70. The Morgan fingerprint density at radius 1 is 1.11 bits per heavy atom. The van der Waals surface area contributed by atoms with Crippen LogP contribution >= 0.6 is 0 Å². The van der Waals surface area contributed by atoms with Crippen LogP contribution in [-0.2, 0) is 16.0 Å². The van der Waals surface area contributed by atoms with E-state index in [9.17, 15) is 9.59 Å². The lowest BCUT2D eigenvalue weighted by molar-refractivity contribution is -0.137. The molecule has 19 heavy (non-hydrogen) atoms. The second-order valence-electron chi connectivity index (χ2n) is 3.78. The third kappa shape index (κ3) is 3.24.